The Balaban J connectivity index is 0.00000133. The zero-order valence-corrected chi connectivity index (χ0v) is 11.6. The Morgan fingerprint density at radius 3 is 2.79 bits per heavy atom. The summed E-state index contributed by atoms with van der Waals surface area (Å²) < 4.78 is 1.71. The molecule has 2 heterocycles. The highest BCUT2D eigenvalue weighted by Gasteiger charge is 2.20. The number of halogens is 1. The van der Waals surface area contributed by atoms with Gasteiger partial charge in [0.15, 0.2) is 0 Å². The van der Waals surface area contributed by atoms with Crippen LogP contribution in [0.25, 0.3) is 10.9 Å². The van der Waals surface area contributed by atoms with Crippen LogP contribution in [-0.2, 0) is 17.6 Å². The molecule has 0 spiro atoms. The van der Waals surface area contributed by atoms with Gasteiger partial charge in [0.05, 0.1) is 11.2 Å². The van der Waals surface area contributed by atoms with E-state index in [2.05, 4.69) is 11.4 Å². The maximum Gasteiger partial charge on any atom is 0.329 e. The number of aromatic nitrogens is 1. The summed E-state index contributed by atoms with van der Waals surface area (Å²) in [5.74, 6) is -0.282. The molecule has 3 rings (SSSR count). The quantitative estimate of drug-likeness (QED) is 0.865. The number of nitrogens with one attached hydrogen (secondary N) is 1. The van der Waals surface area contributed by atoms with Crippen molar-refractivity contribution in [3.63, 3.8) is 0 Å². The van der Waals surface area contributed by atoms with E-state index in [1.54, 1.807) is 4.73 Å². The van der Waals surface area contributed by atoms with E-state index in [1.165, 1.54) is 17.9 Å². The fourth-order valence-electron chi connectivity index (χ4n) is 2.64. The number of nitrogens with zero attached hydrogens (tertiary/aromatic N) is 1. The highest BCUT2D eigenvalue weighted by molar-refractivity contribution is 5.86. The third-order valence-corrected chi connectivity index (χ3v) is 3.35. The number of carbonyl (C=O) groups excluding carboxylic acids is 1. The van der Waals surface area contributed by atoms with Crippen LogP contribution < -0.4 is 10.2 Å². The second-order valence-electron chi connectivity index (χ2n) is 4.57. The SMILES string of the molecule is CC(=O)On1c2c(c3ccccc31)CCNCC2.Cl. The van der Waals surface area contributed by atoms with E-state index in [-0.39, 0.29) is 18.4 Å². The van der Waals surface area contributed by atoms with Gasteiger partial charge in [-0.25, -0.2) is 4.79 Å². The number of fused-ring (bicyclic) bond motifs is 3. The lowest BCUT2D eigenvalue weighted by molar-refractivity contribution is -0.141. The number of rotatable bonds is 1. The summed E-state index contributed by atoms with van der Waals surface area (Å²) >= 11 is 0. The van der Waals surface area contributed by atoms with Crippen molar-refractivity contribution < 1.29 is 9.63 Å². The fraction of sp³-hybridized carbons (Fsp3) is 0.357. The lowest BCUT2D eigenvalue weighted by Crippen LogP contribution is -2.21. The Bertz CT molecular complexity index is 607. The van der Waals surface area contributed by atoms with E-state index < -0.39 is 0 Å². The molecule has 0 atom stereocenters. The molecule has 1 aliphatic rings. The van der Waals surface area contributed by atoms with Gasteiger partial charge in [-0.1, -0.05) is 18.2 Å². The molecule has 19 heavy (non-hydrogen) atoms. The molecule has 0 amide bonds. The number of hydrogen-bond acceptors (Lipinski definition) is 3. The van der Waals surface area contributed by atoms with Gasteiger partial charge >= 0.3 is 5.97 Å². The second kappa shape index (κ2) is 5.63. The van der Waals surface area contributed by atoms with E-state index in [4.69, 9.17) is 4.84 Å². The van der Waals surface area contributed by atoms with Crippen LogP contribution in [0.1, 0.15) is 18.2 Å². The molecule has 4 nitrogen and oxygen atoms in total. The molecule has 1 aromatic heterocycles. The minimum atomic E-state index is -0.282. The summed E-state index contributed by atoms with van der Waals surface area (Å²) in [5, 5.41) is 4.56. The van der Waals surface area contributed by atoms with Crippen LogP contribution in [0, 0.1) is 0 Å². The topological polar surface area (TPSA) is 43.3 Å². The normalized spacial score (nSPS) is 14.4. The Labute approximate surface area is 118 Å². The molecule has 1 N–H and O–H groups in total. The van der Waals surface area contributed by atoms with Gasteiger partial charge in [0.1, 0.15) is 0 Å². The fourth-order valence-corrected chi connectivity index (χ4v) is 2.64. The first-order valence-electron chi connectivity index (χ1n) is 6.28. The van der Waals surface area contributed by atoms with E-state index in [1.807, 2.05) is 18.2 Å². The van der Waals surface area contributed by atoms with Crippen molar-refractivity contribution in [3.05, 3.63) is 35.5 Å². The number of para-hydroxylation sites is 1. The smallest absolute Gasteiger partial charge is 0.329 e. The average Bonchev–Trinajstić information content (AvgIpc) is 2.55. The molecular formula is C14H17ClN2O2. The first-order chi connectivity index (χ1) is 8.77. The zero-order chi connectivity index (χ0) is 12.5. The molecular weight excluding hydrogens is 264 g/mol. The largest absolute Gasteiger partial charge is 0.337 e. The monoisotopic (exact) mass is 280 g/mol. The average molecular weight is 281 g/mol. The molecule has 0 aliphatic carbocycles. The first-order valence-corrected chi connectivity index (χ1v) is 6.28. The summed E-state index contributed by atoms with van der Waals surface area (Å²) in [5.41, 5.74) is 3.41. The molecule has 0 saturated heterocycles. The summed E-state index contributed by atoms with van der Waals surface area (Å²) in [6.07, 6.45) is 1.86. The Kier molecular flexibility index (Phi) is 4.12. The van der Waals surface area contributed by atoms with E-state index in [0.717, 1.165) is 37.1 Å². The van der Waals surface area contributed by atoms with Gasteiger partial charge in [0, 0.05) is 25.3 Å². The van der Waals surface area contributed by atoms with Gasteiger partial charge in [0.2, 0.25) is 0 Å². The van der Waals surface area contributed by atoms with Crippen molar-refractivity contribution in [1.29, 1.82) is 0 Å². The summed E-state index contributed by atoms with van der Waals surface area (Å²) in [4.78, 5) is 16.6. The van der Waals surface area contributed by atoms with E-state index in [0.29, 0.717) is 0 Å². The molecule has 1 aromatic carbocycles. The van der Waals surface area contributed by atoms with Crippen LogP contribution >= 0.6 is 12.4 Å². The number of carbonyl (C=O) groups is 1. The molecule has 0 radical (unpaired) electrons. The number of hydrogen-bond donors (Lipinski definition) is 1. The van der Waals surface area contributed by atoms with E-state index >= 15 is 0 Å². The van der Waals surface area contributed by atoms with E-state index in [9.17, 15) is 4.79 Å². The minimum absolute atomic E-state index is 0. The molecule has 5 heteroatoms. The zero-order valence-electron chi connectivity index (χ0n) is 10.8. The van der Waals surface area contributed by atoms with Gasteiger partial charge in [-0.2, -0.15) is 4.73 Å². The molecule has 2 aromatic rings. The molecule has 0 fully saturated rings. The van der Waals surface area contributed by atoms with Crippen LogP contribution in [0.15, 0.2) is 24.3 Å². The van der Waals surface area contributed by atoms with Crippen LogP contribution in [0.2, 0.25) is 0 Å². The standard InChI is InChI=1S/C14H16N2O2.ClH/c1-10(17)18-16-13-5-3-2-4-11(13)12-6-8-15-9-7-14(12)16;/h2-5,15H,6-9H2,1H3;1H. The second-order valence-corrected chi connectivity index (χ2v) is 4.57. The predicted octanol–water partition coefficient (Wildman–Crippen LogP) is 1.73. The van der Waals surface area contributed by atoms with Crippen molar-refractivity contribution in [2.45, 2.75) is 19.8 Å². The summed E-state index contributed by atoms with van der Waals surface area (Å²) in [6.45, 7) is 3.34. The van der Waals surface area contributed by atoms with Gasteiger partial charge in [-0.15, -0.1) is 12.4 Å². The molecule has 0 unspecified atom stereocenters. The summed E-state index contributed by atoms with van der Waals surface area (Å²) in [6, 6.07) is 8.10. The van der Waals surface area contributed by atoms with Crippen molar-refractivity contribution in [1.82, 2.24) is 10.0 Å². The molecule has 0 saturated carbocycles. The maximum atomic E-state index is 11.3. The molecule has 1 aliphatic heterocycles. The Morgan fingerprint density at radius 2 is 2.00 bits per heavy atom. The maximum absolute atomic E-state index is 11.3. The third-order valence-electron chi connectivity index (χ3n) is 3.35. The van der Waals surface area contributed by atoms with Crippen molar-refractivity contribution in [3.8, 4) is 0 Å². The van der Waals surface area contributed by atoms with Crippen LogP contribution in [0.3, 0.4) is 0 Å². The third kappa shape index (κ3) is 2.46. The Hall–Kier alpha value is -1.52. The van der Waals surface area contributed by atoms with Gasteiger partial charge in [-0.3, -0.25) is 0 Å². The summed E-state index contributed by atoms with van der Waals surface area (Å²) in [7, 11) is 0. The minimum Gasteiger partial charge on any atom is -0.337 e. The number of benzene rings is 1. The molecule has 0 bridgehead atoms. The first kappa shape index (κ1) is 13.9. The highest BCUT2D eigenvalue weighted by atomic mass is 35.5. The van der Waals surface area contributed by atoms with Crippen LogP contribution in [0.4, 0.5) is 0 Å². The van der Waals surface area contributed by atoms with Crippen molar-refractivity contribution >= 4 is 29.3 Å². The van der Waals surface area contributed by atoms with Crippen LogP contribution in [0.5, 0.6) is 0 Å². The lowest BCUT2D eigenvalue weighted by atomic mass is 10.1. The van der Waals surface area contributed by atoms with Gasteiger partial charge in [0.25, 0.3) is 0 Å². The van der Waals surface area contributed by atoms with Crippen LogP contribution in [-0.4, -0.2) is 23.8 Å². The van der Waals surface area contributed by atoms with Crippen molar-refractivity contribution in [2.24, 2.45) is 0 Å². The van der Waals surface area contributed by atoms with Crippen molar-refractivity contribution in [2.75, 3.05) is 13.1 Å². The molecule has 102 valence electrons. The Morgan fingerprint density at radius 1 is 1.26 bits per heavy atom. The highest BCUT2D eigenvalue weighted by Crippen LogP contribution is 2.27. The van der Waals surface area contributed by atoms with Gasteiger partial charge in [-0.05, 0) is 24.6 Å². The predicted molar refractivity (Wildman–Crippen MR) is 76.7 cm³/mol. The van der Waals surface area contributed by atoms with Gasteiger partial charge < -0.3 is 10.2 Å². The lowest BCUT2D eigenvalue weighted by Gasteiger charge is -2.08.